The number of nitrogens with one attached hydrogen (secondary N) is 2. The van der Waals surface area contributed by atoms with Crippen molar-refractivity contribution in [1.29, 1.82) is 0 Å². The highest BCUT2D eigenvalue weighted by Crippen LogP contribution is 2.26. The van der Waals surface area contributed by atoms with E-state index < -0.39 is 5.72 Å². The average molecular weight is 352 g/mol. The van der Waals surface area contributed by atoms with Gasteiger partial charge in [0, 0.05) is 11.3 Å². The van der Waals surface area contributed by atoms with Crippen LogP contribution in [0.1, 0.15) is 36.1 Å². The second kappa shape index (κ2) is 6.71. The molecule has 2 aromatic carbocycles. The number of rotatable bonds is 3. The predicted octanol–water partition coefficient (Wildman–Crippen LogP) is 4.08. The first-order valence-corrected chi connectivity index (χ1v) is 8.54. The highest BCUT2D eigenvalue weighted by atomic mass is 16.7. The molecule has 2 N–H and O–H groups in total. The van der Waals surface area contributed by atoms with Crippen molar-refractivity contribution in [1.82, 2.24) is 10.4 Å². The average Bonchev–Trinajstić information content (AvgIpc) is 2.81. The van der Waals surface area contributed by atoms with Gasteiger partial charge in [-0.15, -0.1) is 0 Å². The number of carbonyl (C=O) groups is 1. The maximum Gasteiger partial charge on any atom is 0.338 e. The third-order valence-corrected chi connectivity index (χ3v) is 4.07. The van der Waals surface area contributed by atoms with E-state index in [0.717, 1.165) is 27.9 Å². The number of hydrogen-bond acceptors (Lipinski definition) is 4. The Hall–Kier alpha value is -3.02. The SMILES string of the molecule is Cc1cccc(NC(=O)NN2C(c3cc(C)cc(C)c3)=NOC2(C)C)c1. The molecule has 0 radical (unpaired) electrons. The minimum Gasteiger partial charge on any atom is -0.364 e. The van der Waals surface area contributed by atoms with Crippen molar-refractivity contribution in [2.75, 3.05) is 5.32 Å². The number of urea groups is 1. The van der Waals surface area contributed by atoms with Crippen molar-refractivity contribution in [2.24, 2.45) is 5.16 Å². The molecular formula is C20H24N4O2. The molecule has 0 unspecified atom stereocenters. The first-order chi connectivity index (χ1) is 12.2. The van der Waals surface area contributed by atoms with Gasteiger partial charge in [0.2, 0.25) is 5.72 Å². The lowest BCUT2D eigenvalue weighted by Gasteiger charge is -2.31. The molecule has 1 heterocycles. The summed E-state index contributed by atoms with van der Waals surface area (Å²) in [4.78, 5) is 18.0. The molecule has 2 amide bonds. The van der Waals surface area contributed by atoms with Gasteiger partial charge in [-0.25, -0.2) is 15.2 Å². The number of carbonyl (C=O) groups excluding carboxylic acids is 1. The van der Waals surface area contributed by atoms with Crippen molar-refractivity contribution < 1.29 is 9.63 Å². The van der Waals surface area contributed by atoms with E-state index in [4.69, 9.17) is 4.84 Å². The van der Waals surface area contributed by atoms with Crippen LogP contribution < -0.4 is 10.7 Å². The summed E-state index contributed by atoms with van der Waals surface area (Å²) in [6.45, 7) is 9.73. The number of benzene rings is 2. The smallest absolute Gasteiger partial charge is 0.338 e. The number of anilines is 1. The molecule has 26 heavy (non-hydrogen) atoms. The Labute approximate surface area is 153 Å². The minimum absolute atomic E-state index is 0.355. The fraction of sp³-hybridized carbons (Fsp3) is 0.300. The van der Waals surface area contributed by atoms with Gasteiger partial charge in [-0.2, -0.15) is 0 Å². The first kappa shape index (κ1) is 17.8. The van der Waals surface area contributed by atoms with Crippen LogP contribution in [0, 0.1) is 20.8 Å². The predicted molar refractivity (Wildman–Crippen MR) is 103 cm³/mol. The lowest BCUT2D eigenvalue weighted by molar-refractivity contribution is -0.0805. The van der Waals surface area contributed by atoms with Gasteiger partial charge in [-0.1, -0.05) is 34.5 Å². The topological polar surface area (TPSA) is 66.0 Å². The molecule has 0 fully saturated rings. The van der Waals surface area contributed by atoms with E-state index in [1.807, 2.05) is 71.0 Å². The van der Waals surface area contributed by atoms with E-state index in [9.17, 15) is 4.79 Å². The Morgan fingerprint density at radius 1 is 1.04 bits per heavy atom. The largest absolute Gasteiger partial charge is 0.364 e. The quantitative estimate of drug-likeness (QED) is 0.875. The summed E-state index contributed by atoms with van der Waals surface area (Å²) in [5.74, 6) is 0.571. The summed E-state index contributed by atoms with van der Waals surface area (Å²) in [6.07, 6.45) is 0. The zero-order valence-corrected chi connectivity index (χ0v) is 15.8. The van der Waals surface area contributed by atoms with Gasteiger partial charge in [0.05, 0.1) is 0 Å². The molecule has 0 saturated carbocycles. The summed E-state index contributed by atoms with van der Waals surface area (Å²) in [5.41, 5.74) is 6.99. The summed E-state index contributed by atoms with van der Waals surface area (Å²) in [6, 6.07) is 13.4. The maximum absolute atomic E-state index is 12.5. The summed E-state index contributed by atoms with van der Waals surface area (Å²) in [7, 11) is 0. The van der Waals surface area contributed by atoms with Crippen LogP contribution in [0.15, 0.2) is 47.6 Å². The number of oxime groups is 1. The highest BCUT2D eigenvalue weighted by Gasteiger charge is 2.39. The molecule has 1 aliphatic heterocycles. The number of aryl methyl sites for hydroxylation is 3. The molecule has 0 bridgehead atoms. The number of hydrogen-bond donors (Lipinski definition) is 2. The van der Waals surface area contributed by atoms with Crippen LogP contribution in [0.25, 0.3) is 0 Å². The molecule has 0 spiro atoms. The lowest BCUT2D eigenvalue weighted by atomic mass is 10.1. The number of hydrazine groups is 1. The maximum atomic E-state index is 12.5. The Bertz CT molecular complexity index is 854. The zero-order valence-electron chi connectivity index (χ0n) is 15.8. The van der Waals surface area contributed by atoms with Gasteiger partial charge in [0.25, 0.3) is 0 Å². The normalized spacial score (nSPS) is 15.3. The molecule has 0 saturated heterocycles. The Morgan fingerprint density at radius 2 is 1.73 bits per heavy atom. The van der Waals surface area contributed by atoms with E-state index in [1.165, 1.54) is 0 Å². The number of nitrogens with zero attached hydrogens (tertiary/aromatic N) is 2. The van der Waals surface area contributed by atoms with E-state index in [-0.39, 0.29) is 6.03 Å². The number of amidine groups is 1. The second-order valence-corrected chi connectivity index (χ2v) is 7.10. The van der Waals surface area contributed by atoms with Crippen LogP contribution in [0.2, 0.25) is 0 Å². The van der Waals surface area contributed by atoms with Crippen molar-refractivity contribution in [3.05, 3.63) is 64.7 Å². The highest BCUT2D eigenvalue weighted by molar-refractivity contribution is 6.01. The Morgan fingerprint density at radius 3 is 2.38 bits per heavy atom. The third-order valence-electron chi connectivity index (χ3n) is 4.07. The Kier molecular flexibility index (Phi) is 4.59. The molecule has 1 aliphatic rings. The molecule has 0 atom stereocenters. The molecule has 0 aliphatic carbocycles. The van der Waals surface area contributed by atoms with Crippen molar-refractivity contribution >= 4 is 17.6 Å². The summed E-state index contributed by atoms with van der Waals surface area (Å²) in [5, 5.41) is 8.68. The molecule has 136 valence electrons. The van der Waals surface area contributed by atoms with Crippen LogP contribution >= 0.6 is 0 Å². The van der Waals surface area contributed by atoms with Crippen molar-refractivity contribution in [3.63, 3.8) is 0 Å². The molecule has 0 aromatic heterocycles. The van der Waals surface area contributed by atoms with Gasteiger partial charge in [0.15, 0.2) is 5.84 Å². The van der Waals surface area contributed by atoms with Crippen LogP contribution in [-0.2, 0) is 4.84 Å². The molecule has 3 rings (SSSR count). The minimum atomic E-state index is -0.795. The van der Waals surface area contributed by atoms with Gasteiger partial charge in [0.1, 0.15) is 0 Å². The molecule has 6 heteroatoms. The third kappa shape index (κ3) is 3.79. The van der Waals surface area contributed by atoms with E-state index in [2.05, 4.69) is 22.0 Å². The monoisotopic (exact) mass is 352 g/mol. The van der Waals surface area contributed by atoms with Gasteiger partial charge in [-0.3, -0.25) is 0 Å². The lowest BCUT2D eigenvalue weighted by Crippen LogP contribution is -2.55. The summed E-state index contributed by atoms with van der Waals surface area (Å²) < 4.78 is 0. The molecule has 6 nitrogen and oxygen atoms in total. The molecular weight excluding hydrogens is 328 g/mol. The number of amides is 2. The fourth-order valence-corrected chi connectivity index (χ4v) is 2.95. The molecule has 2 aromatic rings. The van der Waals surface area contributed by atoms with Gasteiger partial charge >= 0.3 is 6.03 Å². The van der Waals surface area contributed by atoms with Crippen LogP contribution in [0.4, 0.5) is 10.5 Å². The van der Waals surface area contributed by atoms with E-state index >= 15 is 0 Å². The van der Waals surface area contributed by atoms with Crippen LogP contribution in [0.3, 0.4) is 0 Å². The standard InChI is InChI=1S/C20H24N4O2/c1-13-7-6-8-17(12-13)21-19(25)22-24-18(23-26-20(24,4)5)16-10-14(2)9-15(3)11-16/h6-12H,1-5H3,(H2,21,22,25). The summed E-state index contributed by atoms with van der Waals surface area (Å²) >= 11 is 0. The van der Waals surface area contributed by atoms with Crippen LogP contribution in [0.5, 0.6) is 0 Å². The van der Waals surface area contributed by atoms with E-state index in [0.29, 0.717) is 5.84 Å². The zero-order chi connectivity index (χ0) is 18.9. The second-order valence-electron chi connectivity index (χ2n) is 7.10. The Balaban J connectivity index is 1.81. The van der Waals surface area contributed by atoms with Crippen LogP contribution in [-0.4, -0.2) is 22.6 Å². The van der Waals surface area contributed by atoms with Gasteiger partial charge in [-0.05, 0) is 64.4 Å². The van der Waals surface area contributed by atoms with Crippen molar-refractivity contribution in [3.8, 4) is 0 Å². The fourth-order valence-electron chi connectivity index (χ4n) is 2.95. The van der Waals surface area contributed by atoms with Crippen molar-refractivity contribution in [2.45, 2.75) is 40.3 Å². The van der Waals surface area contributed by atoms with Gasteiger partial charge < -0.3 is 10.2 Å². The first-order valence-electron chi connectivity index (χ1n) is 8.54. The van der Waals surface area contributed by atoms with E-state index in [1.54, 1.807) is 5.01 Å².